The first-order valence-corrected chi connectivity index (χ1v) is 6.92. The second kappa shape index (κ2) is 6.88. The number of hydrogen-bond acceptors (Lipinski definition) is 4. The summed E-state index contributed by atoms with van der Waals surface area (Å²) in [5.41, 5.74) is 2.01. The minimum absolute atomic E-state index is 0.00662. The zero-order valence-electron chi connectivity index (χ0n) is 11.5. The van der Waals surface area contributed by atoms with Crippen molar-refractivity contribution in [3.8, 4) is 0 Å². The van der Waals surface area contributed by atoms with E-state index in [0.717, 1.165) is 11.3 Å². The molecule has 21 heavy (non-hydrogen) atoms. The second-order valence-electron chi connectivity index (χ2n) is 5.10. The molecule has 112 valence electrons. The van der Waals surface area contributed by atoms with Gasteiger partial charge in [0.2, 0.25) is 5.91 Å². The Kier molecular flexibility index (Phi) is 4.92. The van der Waals surface area contributed by atoms with Crippen LogP contribution in [-0.4, -0.2) is 35.4 Å². The van der Waals surface area contributed by atoms with Crippen molar-refractivity contribution in [2.24, 2.45) is 0 Å². The number of fused-ring (bicyclic) bond motifs is 1. The summed E-state index contributed by atoms with van der Waals surface area (Å²) in [6, 6.07) is 6.66. The number of carboxylic acids is 1. The first-order chi connectivity index (χ1) is 10.1. The normalized spacial score (nSPS) is 17.4. The average Bonchev–Trinajstić information content (AvgIpc) is 2.89. The molecular formula is C15H18N2O4. The lowest BCUT2D eigenvalue weighted by Crippen LogP contribution is -2.44. The van der Waals surface area contributed by atoms with Gasteiger partial charge in [-0.15, -0.1) is 0 Å². The molecule has 0 spiro atoms. The van der Waals surface area contributed by atoms with E-state index in [9.17, 15) is 14.4 Å². The number of carbonyl (C=O) groups excluding carboxylic acids is 2. The van der Waals surface area contributed by atoms with E-state index < -0.39 is 12.0 Å². The SMILES string of the molecule is O=CC(CCCC(=O)O)NC(=O)[C@@H]1Cc2ccccc2N1. The van der Waals surface area contributed by atoms with Crippen LogP contribution in [0.1, 0.15) is 24.8 Å². The van der Waals surface area contributed by atoms with Crippen LogP contribution in [0.15, 0.2) is 24.3 Å². The molecule has 3 N–H and O–H groups in total. The van der Waals surface area contributed by atoms with E-state index in [0.29, 0.717) is 25.5 Å². The first kappa shape index (κ1) is 15.0. The van der Waals surface area contributed by atoms with Crippen molar-refractivity contribution in [3.05, 3.63) is 29.8 Å². The van der Waals surface area contributed by atoms with Crippen LogP contribution in [0.3, 0.4) is 0 Å². The molecule has 0 saturated carbocycles. The van der Waals surface area contributed by atoms with E-state index in [4.69, 9.17) is 5.11 Å². The lowest BCUT2D eigenvalue weighted by molar-refractivity contribution is -0.137. The number of para-hydroxylation sites is 1. The lowest BCUT2D eigenvalue weighted by Gasteiger charge is -2.16. The third kappa shape index (κ3) is 4.05. The number of benzene rings is 1. The standard InChI is InChI=1S/C15H18N2O4/c18-9-11(5-3-7-14(19)20)16-15(21)13-8-10-4-1-2-6-12(10)17-13/h1-2,4,6,9,11,13,17H,3,5,7-8H2,(H,16,21)(H,19,20)/t11?,13-/m0/s1. The van der Waals surface area contributed by atoms with Crippen LogP contribution in [0.2, 0.25) is 0 Å². The van der Waals surface area contributed by atoms with Crippen LogP contribution >= 0.6 is 0 Å². The van der Waals surface area contributed by atoms with Crippen molar-refractivity contribution in [3.63, 3.8) is 0 Å². The highest BCUT2D eigenvalue weighted by molar-refractivity contribution is 5.89. The fraction of sp³-hybridized carbons (Fsp3) is 0.400. The Morgan fingerprint density at radius 3 is 2.86 bits per heavy atom. The van der Waals surface area contributed by atoms with Crippen LogP contribution in [0.25, 0.3) is 0 Å². The van der Waals surface area contributed by atoms with E-state index in [2.05, 4.69) is 10.6 Å². The topological polar surface area (TPSA) is 95.5 Å². The number of carboxylic acid groups (broad SMARTS) is 1. The second-order valence-corrected chi connectivity index (χ2v) is 5.10. The molecule has 0 aliphatic carbocycles. The van der Waals surface area contributed by atoms with Crippen molar-refractivity contribution < 1.29 is 19.5 Å². The van der Waals surface area contributed by atoms with E-state index in [1.807, 2.05) is 24.3 Å². The number of anilines is 1. The molecule has 6 nitrogen and oxygen atoms in total. The summed E-state index contributed by atoms with van der Waals surface area (Å²) in [5, 5.41) is 14.3. The highest BCUT2D eigenvalue weighted by atomic mass is 16.4. The van der Waals surface area contributed by atoms with Gasteiger partial charge in [-0.25, -0.2) is 0 Å². The Bertz CT molecular complexity index is 519. The van der Waals surface area contributed by atoms with Gasteiger partial charge in [-0.1, -0.05) is 18.2 Å². The summed E-state index contributed by atoms with van der Waals surface area (Å²) in [4.78, 5) is 33.5. The smallest absolute Gasteiger partial charge is 0.303 e. The minimum Gasteiger partial charge on any atom is -0.481 e. The Morgan fingerprint density at radius 1 is 1.43 bits per heavy atom. The number of aldehydes is 1. The molecule has 1 aliphatic heterocycles. The van der Waals surface area contributed by atoms with Crippen molar-refractivity contribution in [2.45, 2.75) is 37.8 Å². The van der Waals surface area contributed by atoms with Crippen molar-refractivity contribution in [2.75, 3.05) is 5.32 Å². The Morgan fingerprint density at radius 2 is 2.19 bits per heavy atom. The summed E-state index contributed by atoms with van der Waals surface area (Å²) in [5.74, 6) is -1.14. The molecule has 0 aromatic heterocycles. The van der Waals surface area contributed by atoms with Gasteiger partial charge < -0.3 is 20.5 Å². The van der Waals surface area contributed by atoms with Gasteiger partial charge in [0.25, 0.3) is 0 Å². The molecular weight excluding hydrogens is 272 g/mol. The van der Waals surface area contributed by atoms with Crippen LogP contribution in [0.5, 0.6) is 0 Å². The molecule has 0 fully saturated rings. The molecule has 6 heteroatoms. The van der Waals surface area contributed by atoms with E-state index in [1.165, 1.54) is 0 Å². The molecule has 0 radical (unpaired) electrons. The van der Waals surface area contributed by atoms with Crippen molar-refractivity contribution in [1.82, 2.24) is 5.32 Å². The number of amides is 1. The van der Waals surface area contributed by atoms with Gasteiger partial charge in [0.15, 0.2) is 0 Å². The van der Waals surface area contributed by atoms with Crippen LogP contribution in [0, 0.1) is 0 Å². The molecule has 2 atom stereocenters. The maximum atomic E-state index is 12.1. The number of hydrogen-bond donors (Lipinski definition) is 3. The molecule has 1 heterocycles. The van der Waals surface area contributed by atoms with E-state index in [1.54, 1.807) is 0 Å². The number of nitrogens with one attached hydrogen (secondary N) is 2. The minimum atomic E-state index is -0.904. The number of carbonyl (C=O) groups is 3. The van der Waals surface area contributed by atoms with Gasteiger partial charge in [-0.2, -0.15) is 0 Å². The zero-order valence-corrected chi connectivity index (χ0v) is 11.5. The molecule has 1 aromatic rings. The quantitative estimate of drug-likeness (QED) is 0.650. The van der Waals surface area contributed by atoms with Gasteiger partial charge in [-0.3, -0.25) is 9.59 Å². The van der Waals surface area contributed by atoms with Crippen LogP contribution in [0.4, 0.5) is 5.69 Å². The van der Waals surface area contributed by atoms with E-state index >= 15 is 0 Å². The summed E-state index contributed by atoms with van der Waals surface area (Å²) < 4.78 is 0. The Balaban J connectivity index is 1.84. The summed E-state index contributed by atoms with van der Waals surface area (Å²) in [7, 11) is 0. The fourth-order valence-electron chi connectivity index (χ4n) is 2.39. The van der Waals surface area contributed by atoms with Gasteiger partial charge in [0, 0.05) is 18.5 Å². The molecule has 1 amide bonds. The predicted molar refractivity (Wildman–Crippen MR) is 77.0 cm³/mol. The molecule has 1 aromatic carbocycles. The molecule has 0 bridgehead atoms. The lowest BCUT2D eigenvalue weighted by atomic mass is 10.1. The first-order valence-electron chi connectivity index (χ1n) is 6.92. The highest BCUT2D eigenvalue weighted by Gasteiger charge is 2.27. The summed E-state index contributed by atoms with van der Waals surface area (Å²) >= 11 is 0. The maximum Gasteiger partial charge on any atom is 0.303 e. The van der Waals surface area contributed by atoms with Gasteiger partial charge >= 0.3 is 5.97 Å². The molecule has 1 aliphatic rings. The maximum absolute atomic E-state index is 12.1. The zero-order chi connectivity index (χ0) is 15.2. The molecule has 1 unspecified atom stereocenters. The molecule has 2 rings (SSSR count). The van der Waals surface area contributed by atoms with Gasteiger partial charge in [0.1, 0.15) is 12.3 Å². The van der Waals surface area contributed by atoms with Crippen molar-refractivity contribution >= 4 is 23.9 Å². The van der Waals surface area contributed by atoms with Gasteiger partial charge in [0.05, 0.1) is 6.04 Å². The third-order valence-electron chi connectivity index (χ3n) is 3.49. The summed E-state index contributed by atoms with van der Waals surface area (Å²) in [6.07, 6.45) is 1.93. The van der Waals surface area contributed by atoms with Crippen LogP contribution < -0.4 is 10.6 Å². The predicted octanol–water partition coefficient (Wildman–Crippen LogP) is 0.962. The largest absolute Gasteiger partial charge is 0.481 e. The monoisotopic (exact) mass is 290 g/mol. The summed E-state index contributed by atoms with van der Waals surface area (Å²) in [6.45, 7) is 0. The van der Waals surface area contributed by atoms with Crippen LogP contribution in [-0.2, 0) is 20.8 Å². The van der Waals surface area contributed by atoms with E-state index in [-0.39, 0.29) is 18.4 Å². The average molecular weight is 290 g/mol. The van der Waals surface area contributed by atoms with Crippen molar-refractivity contribution in [1.29, 1.82) is 0 Å². The Labute approximate surface area is 122 Å². The number of rotatable bonds is 7. The number of aliphatic carboxylic acids is 1. The van der Waals surface area contributed by atoms with Gasteiger partial charge in [-0.05, 0) is 24.5 Å². The highest BCUT2D eigenvalue weighted by Crippen LogP contribution is 2.25. The third-order valence-corrected chi connectivity index (χ3v) is 3.49. The Hall–Kier alpha value is -2.37. The molecule has 0 saturated heterocycles. The fourth-order valence-corrected chi connectivity index (χ4v) is 2.39.